The molecule has 0 radical (unpaired) electrons. The van der Waals surface area contributed by atoms with Crippen molar-refractivity contribution in [1.82, 2.24) is 0 Å². The fraction of sp³-hybridized carbons (Fsp3) is 0.333. The number of alkyl halides is 1. The largest absolute Gasteiger partial charge is 0.497 e. The molecule has 0 fully saturated rings. The molecule has 0 aromatic heterocycles. The molecule has 0 unspecified atom stereocenters. The fourth-order valence-electron chi connectivity index (χ4n) is 1.24. The zero-order chi connectivity index (χ0) is 11.1. The van der Waals surface area contributed by atoms with Gasteiger partial charge in [-0.1, -0.05) is 12.2 Å². The minimum absolute atomic E-state index is 0.628. The number of benzene rings is 1. The van der Waals surface area contributed by atoms with Crippen LogP contribution in [0.4, 0.5) is 0 Å². The van der Waals surface area contributed by atoms with Gasteiger partial charge in [-0.3, -0.25) is 0 Å². The molecule has 0 saturated heterocycles. The monoisotopic (exact) mass is 226 g/mol. The molecule has 15 heavy (non-hydrogen) atoms. The van der Waals surface area contributed by atoms with Gasteiger partial charge in [-0.15, -0.1) is 11.6 Å². The van der Waals surface area contributed by atoms with Crippen LogP contribution in [0.3, 0.4) is 0 Å². The first-order valence-corrected chi connectivity index (χ1v) is 5.29. The van der Waals surface area contributed by atoms with Crippen molar-refractivity contribution in [3.05, 3.63) is 29.8 Å². The summed E-state index contributed by atoms with van der Waals surface area (Å²) in [6, 6.07) is 5.69. The lowest BCUT2D eigenvalue weighted by Gasteiger charge is -2.06. The van der Waals surface area contributed by atoms with Gasteiger partial charge in [0.25, 0.3) is 0 Å². The Morgan fingerprint density at radius 3 is 2.67 bits per heavy atom. The first-order valence-electron chi connectivity index (χ1n) is 4.76. The standard InChI is InChI=1S/C12H15ClO2/c1-14-11-6-7-12(15-2)10(9-11)5-3-4-8-13/h3,5-7,9H,4,8H2,1-2H3. The Labute approximate surface area is 95.5 Å². The average Bonchev–Trinajstić information content (AvgIpc) is 2.29. The van der Waals surface area contributed by atoms with Crippen molar-refractivity contribution in [3.8, 4) is 11.5 Å². The van der Waals surface area contributed by atoms with Crippen LogP contribution in [0.1, 0.15) is 12.0 Å². The summed E-state index contributed by atoms with van der Waals surface area (Å²) in [5.74, 6) is 2.28. The zero-order valence-corrected chi connectivity index (χ0v) is 9.75. The predicted molar refractivity (Wildman–Crippen MR) is 63.9 cm³/mol. The molecule has 0 amide bonds. The molecular formula is C12H15ClO2. The van der Waals surface area contributed by atoms with Crippen LogP contribution in [-0.2, 0) is 0 Å². The summed E-state index contributed by atoms with van der Waals surface area (Å²) in [5, 5.41) is 0. The van der Waals surface area contributed by atoms with Gasteiger partial charge in [0, 0.05) is 11.4 Å². The van der Waals surface area contributed by atoms with Gasteiger partial charge in [0.05, 0.1) is 14.2 Å². The van der Waals surface area contributed by atoms with Gasteiger partial charge >= 0.3 is 0 Å². The van der Waals surface area contributed by atoms with Crippen molar-refractivity contribution in [2.24, 2.45) is 0 Å². The second-order valence-corrected chi connectivity index (χ2v) is 3.37. The minimum atomic E-state index is 0.628. The van der Waals surface area contributed by atoms with Crippen molar-refractivity contribution < 1.29 is 9.47 Å². The van der Waals surface area contributed by atoms with E-state index < -0.39 is 0 Å². The van der Waals surface area contributed by atoms with E-state index in [0.29, 0.717) is 5.88 Å². The highest BCUT2D eigenvalue weighted by Gasteiger charge is 2.00. The second-order valence-electron chi connectivity index (χ2n) is 2.99. The first-order chi connectivity index (χ1) is 7.31. The number of methoxy groups -OCH3 is 2. The molecular weight excluding hydrogens is 212 g/mol. The normalized spacial score (nSPS) is 10.6. The second kappa shape index (κ2) is 6.36. The van der Waals surface area contributed by atoms with E-state index in [2.05, 4.69) is 0 Å². The van der Waals surface area contributed by atoms with Crippen LogP contribution in [0.15, 0.2) is 24.3 Å². The Morgan fingerprint density at radius 1 is 1.27 bits per heavy atom. The molecule has 2 nitrogen and oxygen atoms in total. The van der Waals surface area contributed by atoms with Gasteiger partial charge in [-0.05, 0) is 24.6 Å². The van der Waals surface area contributed by atoms with Crippen molar-refractivity contribution in [1.29, 1.82) is 0 Å². The van der Waals surface area contributed by atoms with Gasteiger partial charge in [0.15, 0.2) is 0 Å². The molecule has 3 heteroatoms. The maximum absolute atomic E-state index is 5.59. The summed E-state index contributed by atoms with van der Waals surface area (Å²) in [6.45, 7) is 0. The highest BCUT2D eigenvalue weighted by molar-refractivity contribution is 6.17. The van der Waals surface area contributed by atoms with E-state index in [1.54, 1.807) is 14.2 Å². The molecule has 0 heterocycles. The van der Waals surface area contributed by atoms with E-state index in [0.717, 1.165) is 23.5 Å². The molecule has 0 aliphatic rings. The smallest absolute Gasteiger partial charge is 0.126 e. The van der Waals surface area contributed by atoms with Crippen LogP contribution in [0.25, 0.3) is 6.08 Å². The number of allylic oxidation sites excluding steroid dienone is 1. The lowest BCUT2D eigenvalue weighted by atomic mass is 10.1. The van der Waals surface area contributed by atoms with Crippen LogP contribution in [0.5, 0.6) is 11.5 Å². The molecule has 82 valence electrons. The first kappa shape index (κ1) is 11.9. The molecule has 0 aliphatic carbocycles. The molecule has 1 aromatic rings. The van der Waals surface area contributed by atoms with E-state index in [-0.39, 0.29) is 0 Å². The maximum atomic E-state index is 5.59. The lowest BCUT2D eigenvalue weighted by molar-refractivity contribution is 0.402. The van der Waals surface area contributed by atoms with Crippen molar-refractivity contribution in [2.45, 2.75) is 6.42 Å². The topological polar surface area (TPSA) is 18.5 Å². The van der Waals surface area contributed by atoms with Crippen molar-refractivity contribution in [3.63, 3.8) is 0 Å². The van der Waals surface area contributed by atoms with E-state index in [1.165, 1.54) is 0 Å². The number of hydrogen-bond donors (Lipinski definition) is 0. The molecule has 0 N–H and O–H groups in total. The van der Waals surface area contributed by atoms with Crippen LogP contribution in [0, 0.1) is 0 Å². The number of hydrogen-bond acceptors (Lipinski definition) is 2. The van der Waals surface area contributed by atoms with Gasteiger partial charge in [-0.2, -0.15) is 0 Å². The van der Waals surface area contributed by atoms with E-state index in [1.807, 2.05) is 30.4 Å². The molecule has 0 spiro atoms. The van der Waals surface area contributed by atoms with Crippen LogP contribution in [-0.4, -0.2) is 20.1 Å². The predicted octanol–water partition coefficient (Wildman–Crippen LogP) is 3.35. The number of ether oxygens (including phenoxy) is 2. The van der Waals surface area contributed by atoms with Gasteiger partial charge < -0.3 is 9.47 Å². The molecule has 0 bridgehead atoms. The Kier molecular flexibility index (Phi) is 5.05. The van der Waals surface area contributed by atoms with Crippen LogP contribution in [0.2, 0.25) is 0 Å². The lowest BCUT2D eigenvalue weighted by Crippen LogP contribution is -1.89. The third-order valence-electron chi connectivity index (χ3n) is 2.01. The number of rotatable bonds is 5. The number of halogens is 1. The molecule has 1 aromatic carbocycles. The quantitative estimate of drug-likeness (QED) is 0.717. The zero-order valence-electron chi connectivity index (χ0n) is 9.00. The molecule has 1 rings (SSSR count). The third kappa shape index (κ3) is 3.48. The summed E-state index contributed by atoms with van der Waals surface area (Å²) >= 11 is 5.59. The molecule has 0 saturated carbocycles. The SMILES string of the molecule is COc1ccc(OC)c(C=CCCCl)c1. The summed E-state index contributed by atoms with van der Waals surface area (Å²) in [4.78, 5) is 0. The average molecular weight is 227 g/mol. The highest BCUT2D eigenvalue weighted by atomic mass is 35.5. The Morgan fingerprint density at radius 2 is 2.07 bits per heavy atom. The molecule has 0 atom stereocenters. The van der Waals surface area contributed by atoms with Gasteiger partial charge in [0.1, 0.15) is 11.5 Å². The highest BCUT2D eigenvalue weighted by Crippen LogP contribution is 2.25. The summed E-state index contributed by atoms with van der Waals surface area (Å²) < 4.78 is 10.4. The van der Waals surface area contributed by atoms with Crippen LogP contribution >= 0.6 is 11.6 Å². The minimum Gasteiger partial charge on any atom is -0.497 e. The summed E-state index contributed by atoms with van der Waals surface area (Å²) in [5.41, 5.74) is 1.00. The van der Waals surface area contributed by atoms with Gasteiger partial charge in [0.2, 0.25) is 0 Å². The Balaban J connectivity index is 2.90. The fourth-order valence-corrected chi connectivity index (χ4v) is 1.37. The Bertz CT molecular complexity index is 334. The summed E-state index contributed by atoms with van der Waals surface area (Å²) in [6.07, 6.45) is 4.86. The van der Waals surface area contributed by atoms with E-state index in [9.17, 15) is 0 Å². The van der Waals surface area contributed by atoms with Crippen molar-refractivity contribution in [2.75, 3.05) is 20.1 Å². The van der Waals surface area contributed by atoms with Gasteiger partial charge in [-0.25, -0.2) is 0 Å². The summed E-state index contributed by atoms with van der Waals surface area (Å²) in [7, 11) is 3.30. The van der Waals surface area contributed by atoms with E-state index >= 15 is 0 Å². The van der Waals surface area contributed by atoms with Crippen LogP contribution < -0.4 is 9.47 Å². The third-order valence-corrected chi connectivity index (χ3v) is 2.23. The molecule has 0 aliphatic heterocycles. The van der Waals surface area contributed by atoms with E-state index in [4.69, 9.17) is 21.1 Å². The Hall–Kier alpha value is -1.15. The van der Waals surface area contributed by atoms with Crippen molar-refractivity contribution >= 4 is 17.7 Å². The maximum Gasteiger partial charge on any atom is 0.126 e.